The molecule has 3 nitrogen and oxygen atoms in total. The molecule has 0 spiro atoms. The van der Waals surface area contributed by atoms with E-state index in [9.17, 15) is 52.7 Å². The first-order valence-electron chi connectivity index (χ1n) is 4.99. The van der Waals surface area contributed by atoms with Crippen molar-refractivity contribution in [2.75, 3.05) is 0 Å². The van der Waals surface area contributed by atoms with Crippen molar-refractivity contribution in [2.24, 2.45) is 0 Å². The number of hydrogen-bond donors (Lipinski definition) is 0. The molecular formula is C8H6F12O3. The third-order valence-corrected chi connectivity index (χ3v) is 1.55. The van der Waals surface area contributed by atoms with Crippen molar-refractivity contribution < 1.29 is 66.9 Å². The third kappa shape index (κ3) is 6.21. The lowest BCUT2D eigenvalue weighted by Crippen LogP contribution is -2.57. The van der Waals surface area contributed by atoms with E-state index in [4.69, 9.17) is 0 Å². The minimum Gasteiger partial charge on any atom is -0.248 e. The van der Waals surface area contributed by atoms with Gasteiger partial charge in [0.05, 0.1) is 0 Å². The van der Waals surface area contributed by atoms with E-state index in [0.717, 1.165) is 0 Å². The number of rotatable bonds is 8. The SMILES string of the molecule is CC(F)(F)OC(F)(F)C(F)(F)OC(F)(F)C(F)(F)OC(C)(F)F. The average molecular weight is 378 g/mol. The van der Waals surface area contributed by atoms with Crippen LogP contribution in [0.4, 0.5) is 52.7 Å². The van der Waals surface area contributed by atoms with E-state index in [1.54, 1.807) is 4.74 Å². The lowest BCUT2D eigenvalue weighted by atomic mass is 10.5. The molecule has 0 aliphatic carbocycles. The minimum atomic E-state index is -6.77. The highest BCUT2D eigenvalue weighted by Crippen LogP contribution is 2.48. The van der Waals surface area contributed by atoms with Gasteiger partial charge in [0, 0.05) is 13.8 Å². The first-order chi connectivity index (χ1) is 9.62. The second-order valence-corrected chi connectivity index (χ2v) is 3.99. The molecule has 0 N–H and O–H groups in total. The average Bonchev–Trinajstić information content (AvgIpc) is 2.05. The van der Waals surface area contributed by atoms with E-state index in [1.165, 1.54) is 0 Å². The molecule has 0 rings (SSSR count). The molecule has 0 fully saturated rings. The monoisotopic (exact) mass is 378 g/mol. The molecule has 0 aromatic rings. The normalized spacial score (nSPS) is 15.9. The largest absolute Gasteiger partial charge is 0.453 e. The second kappa shape index (κ2) is 5.84. The molecule has 0 heterocycles. The third-order valence-electron chi connectivity index (χ3n) is 1.55. The highest BCUT2D eigenvalue weighted by molar-refractivity contribution is 4.76. The second-order valence-electron chi connectivity index (χ2n) is 3.99. The van der Waals surface area contributed by atoms with Crippen molar-refractivity contribution >= 4 is 0 Å². The first kappa shape index (κ1) is 22.0. The van der Waals surface area contributed by atoms with Crippen LogP contribution in [0.15, 0.2) is 0 Å². The van der Waals surface area contributed by atoms with Crippen LogP contribution in [0, 0.1) is 0 Å². The Morgan fingerprint density at radius 1 is 0.391 bits per heavy atom. The van der Waals surface area contributed by atoms with Gasteiger partial charge in [-0.3, -0.25) is 0 Å². The Labute approximate surface area is 119 Å². The van der Waals surface area contributed by atoms with Gasteiger partial charge in [-0.05, 0) is 0 Å². The summed E-state index contributed by atoms with van der Waals surface area (Å²) in [5.41, 5.74) is 0. The van der Waals surface area contributed by atoms with Crippen LogP contribution in [0.2, 0.25) is 0 Å². The van der Waals surface area contributed by atoms with Crippen LogP contribution in [0.1, 0.15) is 13.8 Å². The maximum Gasteiger partial charge on any atom is 0.453 e. The molecular weight excluding hydrogens is 372 g/mol. The van der Waals surface area contributed by atoms with Gasteiger partial charge in [0.2, 0.25) is 0 Å². The van der Waals surface area contributed by atoms with Crippen LogP contribution in [0.3, 0.4) is 0 Å². The molecule has 15 heteroatoms. The van der Waals surface area contributed by atoms with Crippen LogP contribution >= 0.6 is 0 Å². The van der Waals surface area contributed by atoms with Gasteiger partial charge >= 0.3 is 36.7 Å². The molecule has 0 aliphatic heterocycles. The fourth-order valence-corrected chi connectivity index (χ4v) is 0.849. The van der Waals surface area contributed by atoms with Crippen LogP contribution in [0.5, 0.6) is 0 Å². The predicted molar refractivity (Wildman–Crippen MR) is 44.3 cm³/mol. The summed E-state index contributed by atoms with van der Waals surface area (Å²) < 4.78 is 156. The Morgan fingerprint density at radius 2 is 0.565 bits per heavy atom. The van der Waals surface area contributed by atoms with Crippen molar-refractivity contribution in [1.29, 1.82) is 0 Å². The smallest absolute Gasteiger partial charge is 0.248 e. The number of hydrogen-bond acceptors (Lipinski definition) is 3. The number of alkyl halides is 12. The molecule has 0 saturated carbocycles. The molecule has 0 radical (unpaired) electrons. The maximum atomic E-state index is 12.7. The van der Waals surface area contributed by atoms with Gasteiger partial charge in [0.25, 0.3) is 0 Å². The zero-order valence-electron chi connectivity index (χ0n) is 10.8. The Hall–Kier alpha value is -0.960. The highest BCUT2D eigenvalue weighted by Gasteiger charge is 2.73. The molecule has 0 bridgehead atoms. The highest BCUT2D eigenvalue weighted by atomic mass is 19.4. The summed E-state index contributed by atoms with van der Waals surface area (Å²) >= 11 is 0. The van der Waals surface area contributed by atoms with Gasteiger partial charge < -0.3 is 0 Å². The lowest BCUT2D eigenvalue weighted by molar-refractivity contribution is -0.555. The van der Waals surface area contributed by atoms with Crippen molar-refractivity contribution in [3.8, 4) is 0 Å². The van der Waals surface area contributed by atoms with Crippen molar-refractivity contribution in [1.82, 2.24) is 0 Å². The molecule has 0 atom stereocenters. The van der Waals surface area contributed by atoms with E-state index in [2.05, 4.69) is 9.47 Å². The predicted octanol–water partition coefficient (Wildman–Crippen LogP) is 4.63. The molecule has 0 unspecified atom stereocenters. The summed E-state index contributed by atoms with van der Waals surface area (Å²) in [6.07, 6.45) is -36.6. The van der Waals surface area contributed by atoms with Crippen LogP contribution < -0.4 is 0 Å². The van der Waals surface area contributed by atoms with E-state index < -0.39 is 50.5 Å². The summed E-state index contributed by atoms with van der Waals surface area (Å²) in [4.78, 5) is 0. The van der Waals surface area contributed by atoms with Crippen molar-refractivity contribution in [3.63, 3.8) is 0 Å². The van der Waals surface area contributed by atoms with Gasteiger partial charge in [-0.25, -0.2) is 14.2 Å². The molecule has 0 aromatic carbocycles. The van der Waals surface area contributed by atoms with Crippen LogP contribution in [0.25, 0.3) is 0 Å². The fourth-order valence-electron chi connectivity index (χ4n) is 0.849. The quantitative estimate of drug-likeness (QED) is 0.577. The Balaban J connectivity index is 5.41. The summed E-state index contributed by atoms with van der Waals surface area (Å²) in [5.74, 6) is 0. The van der Waals surface area contributed by atoms with Crippen LogP contribution in [-0.4, -0.2) is 36.7 Å². The summed E-state index contributed by atoms with van der Waals surface area (Å²) in [5, 5.41) is 0. The van der Waals surface area contributed by atoms with Crippen LogP contribution in [-0.2, 0) is 14.2 Å². The van der Waals surface area contributed by atoms with Gasteiger partial charge in [0.15, 0.2) is 0 Å². The summed E-state index contributed by atoms with van der Waals surface area (Å²) in [7, 11) is 0. The van der Waals surface area contributed by atoms with E-state index in [0.29, 0.717) is 0 Å². The fraction of sp³-hybridized carbons (Fsp3) is 1.00. The van der Waals surface area contributed by atoms with Gasteiger partial charge in [-0.15, -0.1) is 0 Å². The zero-order chi connectivity index (χ0) is 19.1. The first-order valence-corrected chi connectivity index (χ1v) is 4.99. The standard InChI is InChI=1S/C8H6F12O3/c1-3(9,10)21-5(13,14)7(17,18)23-8(19,20)6(15,16)22-4(2,11)12/h1-2H3. The van der Waals surface area contributed by atoms with E-state index in [1.807, 2.05) is 0 Å². The van der Waals surface area contributed by atoms with E-state index >= 15 is 0 Å². The lowest BCUT2D eigenvalue weighted by Gasteiger charge is -2.33. The number of ether oxygens (including phenoxy) is 3. The van der Waals surface area contributed by atoms with Crippen molar-refractivity contribution in [2.45, 2.75) is 50.5 Å². The summed E-state index contributed by atoms with van der Waals surface area (Å²) in [6, 6.07) is 0. The number of halogens is 12. The zero-order valence-corrected chi connectivity index (χ0v) is 10.8. The van der Waals surface area contributed by atoms with Crippen molar-refractivity contribution in [3.05, 3.63) is 0 Å². The molecule has 23 heavy (non-hydrogen) atoms. The minimum absolute atomic E-state index is 0.509. The van der Waals surface area contributed by atoms with E-state index in [-0.39, 0.29) is 0 Å². The Kier molecular flexibility index (Phi) is 5.60. The molecule has 0 amide bonds. The molecule has 140 valence electrons. The Bertz CT molecular complexity index is 372. The maximum absolute atomic E-state index is 12.7. The summed E-state index contributed by atoms with van der Waals surface area (Å²) in [6.45, 7) is -1.02. The molecule has 0 saturated heterocycles. The Morgan fingerprint density at radius 3 is 0.739 bits per heavy atom. The van der Waals surface area contributed by atoms with Gasteiger partial charge in [0.1, 0.15) is 0 Å². The molecule has 0 aliphatic rings. The van der Waals surface area contributed by atoms with Gasteiger partial charge in [-0.1, -0.05) is 0 Å². The topological polar surface area (TPSA) is 27.7 Å². The molecule has 0 aromatic heterocycles. The van der Waals surface area contributed by atoms with Gasteiger partial charge in [-0.2, -0.15) is 52.7 Å².